The van der Waals surface area contributed by atoms with Crippen molar-refractivity contribution in [3.05, 3.63) is 113 Å². The van der Waals surface area contributed by atoms with Gasteiger partial charge in [0.2, 0.25) is 0 Å². The summed E-state index contributed by atoms with van der Waals surface area (Å²) in [6, 6.07) is 19.9. The van der Waals surface area contributed by atoms with Crippen LogP contribution in [-0.2, 0) is 25.9 Å². The molecule has 0 aliphatic carbocycles. The Morgan fingerprint density at radius 1 is 0.800 bits per heavy atom. The number of aromatic nitrogens is 2. The molecule has 170 valence electrons. The summed E-state index contributed by atoms with van der Waals surface area (Å²) in [6.07, 6.45) is 9.86. The number of nitrogens with zero attached hydrogens (tertiary/aromatic N) is 3. The maximum Gasteiger partial charge on any atom is 0.134 e. The van der Waals surface area contributed by atoms with E-state index in [1.807, 2.05) is 18.6 Å². The zero-order chi connectivity index (χ0) is 23.2. The normalized spacial score (nSPS) is 15.9. The van der Waals surface area contributed by atoms with E-state index in [-0.39, 0.29) is 0 Å². The van der Waals surface area contributed by atoms with Crippen LogP contribution >= 0.6 is 0 Å². The predicted octanol–water partition coefficient (Wildman–Crippen LogP) is 5.31. The van der Waals surface area contributed by atoms with Crippen molar-refractivity contribution in [3.8, 4) is 22.3 Å². The third-order valence-electron chi connectivity index (χ3n) is 7.11. The third-order valence-corrected chi connectivity index (χ3v) is 7.11. The summed E-state index contributed by atoms with van der Waals surface area (Å²) in [6.45, 7) is 2.37. The number of fused-ring (bicyclic) bond motifs is 3. The molecule has 0 spiro atoms. The van der Waals surface area contributed by atoms with Crippen LogP contribution in [0.15, 0.2) is 90.0 Å². The van der Waals surface area contributed by atoms with Crippen molar-refractivity contribution in [1.82, 2.24) is 15.3 Å². The molecule has 5 nitrogen and oxygen atoms in total. The van der Waals surface area contributed by atoms with Gasteiger partial charge in [-0.1, -0.05) is 36.4 Å². The molecule has 10 bridgehead atoms. The number of aliphatic imine (C=N–C) groups is 1. The molecule has 35 heavy (non-hydrogen) atoms. The highest BCUT2D eigenvalue weighted by molar-refractivity contribution is 6.16. The van der Waals surface area contributed by atoms with Crippen LogP contribution in [0.5, 0.6) is 0 Å². The first kappa shape index (κ1) is 20.3. The average Bonchev–Trinajstić information content (AvgIpc) is 2.92. The fourth-order valence-corrected chi connectivity index (χ4v) is 5.36. The fraction of sp³-hybridized carbons (Fsp3) is 0.167. The van der Waals surface area contributed by atoms with E-state index in [2.05, 4.69) is 76.3 Å². The molecule has 2 N–H and O–H groups in total. The molecule has 4 aliphatic heterocycles. The largest absolute Gasteiger partial charge is 0.338 e. The van der Waals surface area contributed by atoms with E-state index < -0.39 is 0 Å². The van der Waals surface area contributed by atoms with Crippen LogP contribution < -0.4 is 10.6 Å². The van der Waals surface area contributed by atoms with Crippen LogP contribution in [0, 0.1) is 0 Å². The van der Waals surface area contributed by atoms with Gasteiger partial charge in [-0.25, -0.2) is 4.98 Å². The van der Waals surface area contributed by atoms with E-state index in [4.69, 9.17) is 9.98 Å². The van der Waals surface area contributed by atoms with E-state index in [0.717, 1.165) is 55.3 Å². The fourth-order valence-electron chi connectivity index (χ4n) is 5.36. The Hall–Kier alpha value is -4.09. The second kappa shape index (κ2) is 8.29. The monoisotopic (exact) mass is 455 g/mol. The van der Waals surface area contributed by atoms with Crippen LogP contribution in [0.1, 0.15) is 27.8 Å². The Balaban J connectivity index is 1.40. The van der Waals surface area contributed by atoms with Gasteiger partial charge in [-0.3, -0.25) is 9.98 Å². The molecule has 4 aliphatic rings. The lowest BCUT2D eigenvalue weighted by molar-refractivity contribution is 0.692. The molecule has 4 aromatic rings. The summed E-state index contributed by atoms with van der Waals surface area (Å²) in [7, 11) is 0. The second-order valence-electron chi connectivity index (χ2n) is 9.37. The van der Waals surface area contributed by atoms with Crippen molar-refractivity contribution in [2.45, 2.75) is 25.9 Å². The SMILES string of the molecule is C1=C2Nc3nccc(c3C1)-c1cccc(c1)CNCc1cncc(c1)-c1ccc3c(c1)C2=NCC3. The molecule has 8 rings (SSSR count). The molecule has 0 saturated carbocycles. The number of allylic oxidation sites excluding steroid dienone is 2. The summed E-state index contributed by atoms with van der Waals surface area (Å²) >= 11 is 0. The molecule has 0 unspecified atom stereocenters. The molecule has 0 fully saturated rings. The minimum atomic E-state index is 0.768. The molecule has 2 aromatic carbocycles. The van der Waals surface area contributed by atoms with Gasteiger partial charge in [0.1, 0.15) is 5.82 Å². The Kier molecular flexibility index (Phi) is 4.81. The summed E-state index contributed by atoms with van der Waals surface area (Å²) in [4.78, 5) is 14.2. The number of pyridine rings is 2. The molecule has 0 atom stereocenters. The number of anilines is 1. The van der Waals surface area contributed by atoms with Gasteiger partial charge >= 0.3 is 0 Å². The first-order valence-corrected chi connectivity index (χ1v) is 12.2. The first-order chi connectivity index (χ1) is 17.3. The standard InChI is InChI=1S/C30H25N5/c1-2-19-12-23(3-1)25-9-11-34-30-26(25)6-7-28(35-30)29-27-14-22(5-4-21(27)8-10-33-29)24-13-20(16-31-15-19)17-32-18-24/h1-5,7,9,11-14,17-18,31H,6,8,10,15-16H2,(H,34,35). The lowest BCUT2D eigenvalue weighted by Gasteiger charge is -2.25. The van der Waals surface area contributed by atoms with Crippen LogP contribution in [0.25, 0.3) is 22.3 Å². The molecule has 6 heterocycles. The summed E-state index contributed by atoms with van der Waals surface area (Å²) < 4.78 is 0. The maximum absolute atomic E-state index is 4.97. The molecule has 0 radical (unpaired) electrons. The van der Waals surface area contributed by atoms with Gasteiger partial charge in [-0.15, -0.1) is 0 Å². The molecule has 0 saturated heterocycles. The van der Waals surface area contributed by atoms with Crippen molar-refractivity contribution in [2.24, 2.45) is 4.99 Å². The molecule has 2 aromatic heterocycles. The summed E-state index contributed by atoms with van der Waals surface area (Å²) in [5, 5.41) is 7.22. The van der Waals surface area contributed by atoms with Crippen LogP contribution in [0.3, 0.4) is 0 Å². The topological polar surface area (TPSA) is 62.2 Å². The van der Waals surface area contributed by atoms with Gasteiger partial charge in [-0.2, -0.15) is 0 Å². The number of rotatable bonds is 0. The van der Waals surface area contributed by atoms with Gasteiger partial charge in [0.05, 0.1) is 11.4 Å². The molecule has 0 amide bonds. The highest BCUT2D eigenvalue weighted by atomic mass is 15.0. The third kappa shape index (κ3) is 3.65. The lowest BCUT2D eigenvalue weighted by atomic mass is 9.90. The number of hydrogen-bond acceptors (Lipinski definition) is 5. The van der Waals surface area contributed by atoms with Crippen molar-refractivity contribution in [3.63, 3.8) is 0 Å². The quantitative estimate of drug-likeness (QED) is 0.377. The first-order valence-electron chi connectivity index (χ1n) is 12.2. The van der Waals surface area contributed by atoms with E-state index >= 15 is 0 Å². The molecular weight excluding hydrogens is 430 g/mol. The minimum Gasteiger partial charge on any atom is -0.338 e. The van der Waals surface area contributed by atoms with Gasteiger partial charge in [0.15, 0.2) is 0 Å². The van der Waals surface area contributed by atoms with Crippen molar-refractivity contribution in [2.75, 3.05) is 11.9 Å². The Morgan fingerprint density at radius 2 is 1.74 bits per heavy atom. The Morgan fingerprint density at radius 3 is 2.74 bits per heavy atom. The van der Waals surface area contributed by atoms with Crippen LogP contribution in [-0.4, -0.2) is 22.2 Å². The van der Waals surface area contributed by atoms with Gasteiger partial charge in [0.25, 0.3) is 0 Å². The van der Waals surface area contributed by atoms with Crippen molar-refractivity contribution >= 4 is 11.5 Å². The number of nitrogens with one attached hydrogen (secondary N) is 2. The second-order valence-corrected chi connectivity index (χ2v) is 9.37. The number of benzene rings is 2. The van der Waals surface area contributed by atoms with Crippen LogP contribution in [0.2, 0.25) is 0 Å². The van der Waals surface area contributed by atoms with E-state index in [0.29, 0.717) is 0 Å². The molecule has 5 heteroatoms. The number of hydrogen-bond donors (Lipinski definition) is 2. The van der Waals surface area contributed by atoms with E-state index in [1.54, 1.807) is 0 Å². The lowest BCUT2D eigenvalue weighted by Crippen LogP contribution is -2.23. The van der Waals surface area contributed by atoms with Crippen molar-refractivity contribution in [1.29, 1.82) is 0 Å². The minimum absolute atomic E-state index is 0.768. The smallest absolute Gasteiger partial charge is 0.134 e. The summed E-state index contributed by atoms with van der Waals surface area (Å²) in [5.41, 5.74) is 13.0. The maximum atomic E-state index is 4.97. The zero-order valence-electron chi connectivity index (χ0n) is 19.4. The van der Waals surface area contributed by atoms with E-state index in [9.17, 15) is 0 Å². The Bertz CT molecular complexity index is 1530. The van der Waals surface area contributed by atoms with E-state index in [1.165, 1.54) is 44.5 Å². The Labute approximate surface area is 204 Å². The predicted molar refractivity (Wildman–Crippen MR) is 140 cm³/mol. The average molecular weight is 456 g/mol. The van der Waals surface area contributed by atoms with Gasteiger partial charge in [0, 0.05) is 54.9 Å². The van der Waals surface area contributed by atoms with Crippen LogP contribution in [0.4, 0.5) is 5.82 Å². The summed E-state index contributed by atoms with van der Waals surface area (Å²) in [5.74, 6) is 0.924. The van der Waals surface area contributed by atoms with Crippen molar-refractivity contribution < 1.29 is 0 Å². The van der Waals surface area contributed by atoms with Gasteiger partial charge < -0.3 is 10.6 Å². The highest BCUT2D eigenvalue weighted by Crippen LogP contribution is 2.34. The molecular formula is C30H25N5. The highest BCUT2D eigenvalue weighted by Gasteiger charge is 2.23. The van der Waals surface area contributed by atoms with Gasteiger partial charge in [-0.05, 0) is 70.5 Å². The zero-order valence-corrected chi connectivity index (χ0v) is 19.4.